The molecule has 3 heteroatoms. The number of ether oxygens (including phenoxy) is 1. The van der Waals surface area contributed by atoms with Crippen LogP contribution in [0.5, 0.6) is 0 Å². The summed E-state index contributed by atoms with van der Waals surface area (Å²) in [6.45, 7) is 1.49. The maximum absolute atomic E-state index is 11.7. The van der Waals surface area contributed by atoms with Crippen molar-refractivity contribution in [3.63, 3.8) is 0 Å². The van der Waals surface area contributed by atoms with Crippen molar-refractivity contribution in [2.75, 3.05) is 7.11 Å². The number of allylic oxidation sites excluding steroid dienone is 2. The van der Waals surface area contributed by atoms with Gasteiger partial charge in [-0.25, -0.2) is 0 Å². The molecule has 76 valence electrons. The normalized spacial score (nSPS) is 38.7. The zero-order valence-corrected chi connectivity index (χ0v) is 8.45. The van der Waals surface area contributed by atoms with Crippen molar-refractivity contribution in [3.8, 4) is 0 Å². The number of fused-ring (bicyclic) bond motifs is 2. The summed E-state index contributed by atoms with van der Waals surface area (Å²) in [4.78, 5) is 23.3. The summed E-state index contributed by atoms with van der Waals surface area (Å²) in [5.74, 6) is 0.0449. The van der Waals surface area contributed by atoms with Gasteiger partial charge in [-0.1, -0.05) is 12.2 Å². The minimum absolute atomic E-state index is 0.0544. The fourth-order valence-corrected chi connectivity index (χ4v) is 2.82. The molecule has 0 radical (unpaired) electrons. The standard InChI is InChI=1S/C11H14O3/c1-7(12)11(10(13)14-2)6-8-3-4-9(11)5-8/h3-4,8-9H,5-6H2,1-2H3. The Morgan fingerprint density at radius 1 is 1.43 bits per heavy atom. The molecule has 2 aliphatic rings. The van der Waals surface area contributed by atoms with E-state index < -0.39 is 5.41 Å². The number of ketones is 1. The van der Waals surface area contributed by atoms with Gasteiger partial charge in [-0.05, 0) is 25.7 Å². The molecule has 0 aromatic heterocycles. The van der Waals surface area contributed by atoms with Crippen LogP contribution in [-0.2, 0) is 14.3 Å². The van der Waals surface area contributed by atoms with Crippen molar-refractivity contribution < 1.29 is 14.3 Å². The molecule has 2 aliphatic carbocycles. The molecule has 0 saturated heterocycles. The van der Waals surface area contributed by atoms with E-state index in [9.17, 15) is 9.59 Å². The van der Waals surface area contributed by atoms with Crippen LogP contribution in [0.15, 0.2) is 12.2 Å². The molecule has 1 fully saturated rings. The zero-order valence-electron chi connectivity index (χ0n) is 8.45. The Hall–Kier alpha value is -1.12. The SMILES string of the molecule is COC(=O)C1(C(C)=O)CC2C=CC1C2. The maximum atomic E-state index is 11.7. The van der Waals surface area contributed by atoms with E-state index in [4.69, 9.17) is 4.74 Å². The highest BCUT2D eigenvalue weighted by atomic mass is 16.5. The van der Waals surface area contributed by atoms with E-state index in [0.717, 1.165) is 6.42 Å². The van der Waals surface area contributed by atoms with E-state index in [0.29, 0.717) is 12.3 Å². The molecule has 0 amide bonds. The van der Waals surface area contributed by atoms with E-state index >= 15 is 0 Å². The quantitative estimate of drug-likeness (QED) is 0.378. The number of hydrogen-bond acceptors (Lipinski definition) is 3. The van der Waals surface area contributed by atoms with Crippen LogP contribution in [0.2, 0.25) is 0 Å². The van der Waals surface area contributed by atoms with Gasteiger partial charge in [0.2, 0.25) is 0 Å². The van der Waals surface area contributed by atoms with Crippen LogP contribution in [0.3, 0.4) is 0 Å². The van der Waals surface area contributed by atoms with Gasteiger partial charge in [-0.2, -0.15) is 0 Å². The van der Waals surface area contributed by atoms with E-state index in [1.807, 2.05) is 6.08 Å². The fourth-order valence-electron chi connectivity index (χ4n) is 2.82. The minimum atomic E-state index is -0.867. The summed E-state index contributed by atoms with van der Waals surface area (Å²) in [5.41, 5.74) is -0.867. The predicted molar refractivity (Wildman–Crippen MR) is 50.5 cm³/mol. The van der Waals surface area contributed by atoms with E-state index in [1.165, 1.54) is 14.0 Å². The molecular formula is C11H14O3. The van der Waals surface area contributed by atoms with Crippen LogP contribution < -0.4 is 0 Å². The van der Waals surface area contributed by atoms with Gasteiger partial charge in [0.15, 0.2) is 0 Å². The number of hydrogen-bond donors (Lipinski definition) is 0. The lowest BCUT2D eigenvalue weighted by Crippen LogP contribution is -2.42. The topological polar surface area (TPSA) is 43.4 Å². The van der Waals surface area contributed by atoms with Crippen LogP contribution in [0.25, 0.3) is 0 Å². The van der Waals surface area contributed by atoms with Crippen molar-refractivity contribution in [2.45, 2.75) is 19.8 Å². The fraction of sp³-hybridized carbons (Fsp3) is 0.636. The highest BCUT2D eigenvalue weighted by Crippen LogP contribution is 2.53. The monoisotopic (exact) mass is 194 g/mol. The minimum Gasteiger partial charge on any atom is -0.468 e. The molecule has 3 unspecified atom stereocenters. The maximum Gasteiger partial charge on any atom is 0.319 e. The Bertz CT molecular complexity index is 318. The summed E-state index contributed by atoms with van der Waals surface area (Å²) in [6, 6.07) is 0. The van der Waals surface area contributed by atoms with Crippen molar-refractivity contribution in [1.29, 1.82) is 0 Å². The van der Waals surface area contributed by atoms with Crippen LogP contribution in [0, 0.1) is 17.3 Å². The molecule has 2 rings (SSSR count). The Kier molecular flexibility index (Phi) is 1.98. The molecule has 0 aromatic carbocycles. The molecule has 14 heavy (non-hydrogen) atoms. The Morgan fingerprint density at radius 2 is 2.14 bits per heavy atom. The van der Waals surface area contributed by atoms with E-state index in [1.54, 1.807) is 0 Å². The van der Waals surface area contributed by atoms with Gasteiger partial charge in [0.05, 0.1) is 7.11 Å². The van der Waals surface area contributed by atoms with Crippen LogP contribution in [0.4, 0.5) is 0 Å². The predicted octanol–water partition coefficient (Wildman–Crippen LogP) is 1.33. The van der Waals surface area contributed by atoms with Crippen molar-refractivity contribution in [3.05, 3.63) is 12.2 Å². The summed E-state index contributed by atoms with van der Waals surface area (Å²) in [5, 5.41) is 0. The van der Waals surface area contributed by atoms with Crippen molar-refractivity contribution in [2.24, 2.45) is 17.3 Å². The first-order chi connectivity index (χ1) is 6.61. The number of Topliss-reactive ketones (excluding diaryl/α,β-unsaturated/α-hetero) is 1. The lowest BCUT2D eigenvalue weighted by Gasteiger charge is -2.29. The molecule has 0 aliphatic heterocycles. The molecule has 0 N–H and O–H groups in total. The average Bonchev–Trinajstić information content (AvgIpc) is 2.75. The van der Waals surface area contributed by atoms with Crippen LogP contribution >= 0.6 is 0 Å². The summed E-state index contributed by atoms with van der Waals surface area (Å²) >= 11 is 0. The molecule has 0 spiro atoms. The molecule has 0 heterocycles. The van der Waals surface area contributed by atoms with Gasteiger partial charge in [-0.3, -0.25) is 9.59 Å². The smallest absolute Gasteiger partial charge is 0.319 e. The number of carbonyl (C=O) groups excluding carboxylic acids is 2. The Balaban J connectivity index is 2.38. The van der Waals surface area contributed by atoms with E-state index in [2.05, 4.69) is 6.08 Å². The van der Waals surface area contributed by atoms with Crippen molar-refractivity contribution in [1.82, 2.24) is 0 Å². The van der Waals surface area contributed by atoms with Gasteiger partial charge in [0.1, 0.15) is 11.2 Å². The third-order valence-corrected chi connectivity index (χ3v) is 3.57. The number of carbonyl (C=O) groups is 2. The molecule has 3 atom stereocenters. The van der Waals surface area contributed by atoms with Gasteiger partial charge in [-0.15, -0.1) is 0 Å². The second-order valence-electron chi connectivity index (χ2n) is 4.21. The molecule has 1 saturated carbocycles. The summed E-state index contributed by atoms with van der Waals surface area (Å²) in [6.07, 6.45) is 5.66. The first-order valence-corrected chi connectivity index (χ1v) is 4.89. The third kappa shape index (κ3) is 0.982. The first kappa shape index (κ1) is 9.44. The largest absolute Gasteiger partial charge is 0.468 e. The Morgan fingerprint density at radius 3 is 2.50 bits per heavy atom. The van der Waals surface area contributed by atoms with Crippen LogP contribution in [-0.4, -0.2) is 18.9 Å². The lowest BCUT2D eigenvalue weighted by atomic mass is 9.73. The van der Waals surface area contributed by atoms with Crippen molar-refractivity contribution >= 4 is 11.8 Å². The van der Waals surface area contributed by atoms with Crippen LogP contribution in [0.1, 0.15) is 19.8 Å². The van der Waals surface area contributed by atoms with Gasteiger partial charge in [0, 0.05) is 5.92 Å². The number of esters is 1. The third-order valence-electron chi connectivity index (χ3n) is 3.57. The second-order valence-corrected chi connectivity index (χ2v) is 4.21. The first-order valence-electron chi connectivity index (χ1n) is 4.89. The highest BCUT2D eigenvalue weighted by molar-refractivity contribution is 6.04. The zero-order chi connectivity index (χ0) is 10.3. The summed E-state index contributed by atoms with van der Waals surface area (Å²) in [7, 11) is 1.35. The molecule has 0 aromatic rings. The molecule has 3 nitrogen and oxygen atoms in total. The van der Waals surface area contributed by atoms with Gasteiger partial charge >= 0.3 is 5.97 Å². The highest BCUT2D eigenvalue weighted by Gasteiger charge is 2.57. The molecular weight excluding hydrogens is 180 g/mol. The Labute approximate surface area is 83.1 Å². The summed E-state index contributed by atoms with van der Waals surface area (Å²) < 4.78 is 4.76. The van der Waals surface area contributed by atoms with Gasteiger partial charge < -0.3 is 4.74 Å². The van der Waals surface area contributed by atoms with Gasteiger partial charge in [0.25, 0.3) is 0 Å². The second kappa shape index (κ2) is 2.94. The lowest BCUT2D eigenvalue weighted by molar-refractivity contribution is -0.159. The number of rotatable bonds is 2. The average molecular weight is 194 g/mol. The molecule has 2 bridgehead atoms. The number of methoxy groups -OCH3 is 1. The van der Waals surface area contributed by atoms with E-state index in [-0.39, 0.29) is 17.7 Å².